The van der Waals surface area contributed by atoms with Crippen molar-refractivity contribution in [2.75, 3.05) is 5.01 Å². The van der Waals surface area contributed by atoms with Crippen LogP contribution in [0.2, 0.25) is 0 Å². The van der Waals surface area contributed by atoms with Gasteiger partial charge in [-0.15, -0.1) is 0 Å². The Morgan fingerprint density at radius 3 is 2.31 bits per heavy atom. The first kappa shape index (κ1) is 19.0. The second-order valence-electron chi connectivity index (χ2n) is 7.06. The molecule has 0 spiro atoms. The largest absolute Gasteiger partial charge is 0.435 e. The minimum absolute atomic E-state index is 0.114. The fourth-order valence-electron chi connectivity index (χ4n) is 3.43. The number of fused-ring (bicyclic) bond motifs is 1. The molecule has 0 atom stereocenters. The van der Waals surface area contributed by atoms with Crippen molar-refractivity contribution in [3.63, 3.8) is 0 Å². The molecule has 0 unspecified atom stereocenters. The second kappa shape index (κ2) is 6.92. The number of rotatable bonds is 3. The predicted octanol–water partition coefficient (Wildman–Crippen LogP) is 5.57. The van der Waals surface area contributed by atoms with E-state index in [-0.39, 0.29) is 11.7 Å². The van der Waals surface area contributed by atoms with Crippen molar-refractivity contribution in [1.82, 2.24) is 4.57 Å². The summed E-state index contributed by atoms with van der Waals surface area (Å²) in [6.45, 7) is 3.98. The molecule has 1 aromatic heterocycles. The number of nitrogens with zero attached hydrogens (tertiary/aromatic N) is 3. The van der Waals surface area contributed by atoms with Crippen LogP contribution in [0.1, 0.15) is 25.5 Å². The molecule has 148 valence electrons. The molecule has 2 heterocycles. The van der Waals surface area contributed by atoms with Crippen LogP contribution < -0.4 is 5.01 Å². The lowest BCUT2D eigenvalue weighted by atomic mass is 10.1. The molecule has 4 rings (SSSR count). The zero-order chi connectivity index (χ0) is 20.8. The summed E-state index contributed by atoms with van der Waals surface area (Å²) in [5.74, 6) is -0.801. The van der Waals surface area contributed by atoms with E-state index in [2.05, 4.69) is 5.10 Å². The van der Waals surface area contributed by atoms with Gasteiger partial charge in [-0.05, 0) is 38.1 Å². The summed E-state index contributed by atoms with van der Waals surface area (Å²) >= 11 is 0. The quantitative estimate of drug-likeness (QED) is 0.533. The topological polar surface area (TPSA) is 37.6 Å². The maximum Gasteiger partial charge on any atom is 0.435 e. The van der Waals surface area contributed by atoms with E-state index in [1.54, 1.807) is 36.5 Å². The molecule has 0 aliphatic carbocycles. The molecule has 1 aliphatic rings. The SMILES string of the molecule is CC(C)n1cc(/C=C2\C(=O)N(c3ccccc3)N=C2C(F)(F)F)c2ccccc21. The first-order valence-electron chi connectivity index (χ1n) is 9.14. The molecule has 0 saturated carbocycles. The van der Waals surface area contributed by atoms with Crippen LogP contribution in [0.15, 0.2) is 71.5 Å². The lowest BCUT2D eigenvalue weighted by molar-refractivity contribution is -0.114. The monoisotopic (exact) mass is 397 g/mol. The Balaban J connectivity index is 1.88. The maximum absolute atomic E-state index is 13.7. The number of hydrogen-bond donors (Lipinski definition) is 0. The molecule has 1 aliphatic heterocycles. The third kappa shape index (κ3) is 3.33. The molecule has 0 radical (unpaired) electrons. The van der Waals surface area contributed by atoms with Crippen LogP contribution in [0.5, 0.6) is 0 Å². The number of aromatic nitrogens is 1. The standard InChI is InChI=1S/C22H18F3N3O/c1-14(2)27-13-15(17-10-6-7-11-19(17)27)12-18-20(22(23,24)25)26-28(21(18)29)16-8-4-3-5-9-16/h3-14H,1-2H3/b18-12-. The zero-order valence-electron chi connectivity index (χ0n) is 15.8. The Morgan fingerprint density at radius 2 is 1.66 bits per heavy atom. The van der Waals surface area contributed by atoms with E-state index in [4.69, 9.17) is 0 Å². The van der Waals surface area contributed by atoms with Gasteiger partial charge in [-0.1, -0.05) is 36.4 Å². The second-order valence-corrected chi connectivity index (χ2v) is 7.06. The normalized spacial score (nSPS) is 16.3. The molecule has 0 saturated heterocycles. The van der Waals surface area contributed by atoms with Gasteiger partial charge in [-0.3, -0.25) is 4.79 Å². The molecule has 1 amide bonds. The molecule has 0 fully saturated rings. The van der Waals surface area contributed by atoms with E-state index in [1.165, 1.54) is 6.08 Å². The van der Waals surface area contributed by atoms with Crippen molar-refractivity contribution in [1.29, 1.82) is 0 Å². The average Bonchev–Trinajstić information content (AvgIpc) is 3.22. The first-order chi connectivity index (χ1) is 13.8. The Bertz CT molecular complexity index is 1140. The van der Waals surface area contributed by atoms with Gasteiger partial charge >= 0.3 is 6.18 Å². The van der Waals surface area contributed by atoms with Crippen LogP contribution in [-0.2, 0) is 4.79 Å². The molecular weight excluding hydrogens is 379 g/mol. The van der Waals surface area contributed by atoms with Gasteiger partial charge in [-0.2, -0.15) is 23.3 Å². The predicted molar refractivity (Wildman–Crippen MR) is 108 cm³/mol. The summed E-state index contributed by atoms with van der Waals surface area (Å²) in [5.41, 5.74) is 0.0720. The Morgan fingerprint density at radius 1 is 1.00 bits per heavy atom. The van der Waals surface area contributed by atoms with Gasteiger partial charge in [0, 0.05) is 28.7 Å². The lowest BCUT2D eigenvalue weighted by Crippen LogP contribution is -2.25. The highest BCUT2D eigenvalue weighted by atomic mass is 19.4. The van der Waals surface area contributed by atoms with Crippen molar-refractivity contribution in [2.45, 2.75) is 26.1 Å². The van der Waals surface area contributed by atoms with Crippen LogP contribution in [0.3, 0.4) is 0 Å². The van der Waals surface area contributed by atoms with Gasteiger partial charge < -0.3 is 4.57 Å². The van der Waals surface area contributed by atoms with Crippen molar-refractivity contribution in [3.8, 4) is 0 Å². The number of carbonyl (C=O) groups excluding carboxylic acids is 1. The zero-order valence-corrected chi connectivity index (χ0v) is 15.8. The summed E-state index contributed by atoms with van der Waals surface area (Å²) in [6, 6.07) is 15.6. The van der Waals surface area contributed by atoms with E-state index in [0.717, 1.165) is 15.9 Å². The highest BCUT2D eigenvalue weighted by Gasteiger charge is 2.46. The molecule has 29 heavy (non-hydrogen) atoms. The van der Waals surface area contributed by atoms with E-state index in [9.17, 15) is 18.0 Å². The van der Waals surface area contributed by atoms with Crippen LogP contribution in [0.4, 0.5) is 18.9 Å². The smallest absolute Gasteiger partial charge is 0.344 e. The number of amides is 1. The Labute approximate surface area is 165 Å². The molecule has 0 bridgehead atoms. The van der Waals surface area contributed by atoms with Crippen LogP contribution in [0, 0.1) is 0 Å². The minimum atomic E-state index is -4.75. The molecule has 7 heteroatoms. The minimum Gasteiger partial charge on any atom is -0.344 e. The highest BCUT2D eigenvalue weighted by Crippen LogP contribution is 2.34. The number of carbonyl (C=O) groups is 1. The van der Waals surface area contributed by atoms with E-state index >= 15 is 0 Å². The fourth-order valence-corrected chi connectivity index (χ4v) is 3.43. The van der Waals surface area contributed by atoms with E-state index in [0.29, 0.717) is 5.56 Å². The Hall–Kier alpha value is -3.35. The highest BCUT2D eigenvalue weighted by molar-refractivity contribution is 6.34. The van der Waals surface area contributed by atoms with E-state index in [1.807, 2.05) is 42.7 Å². The van der Waals surface area contributed by atoms with Crippen molar-refractivity contribution >= 4 is 34.3 Å². The summed E-state index contributed by atoms with van der Waals surface area (Å²) in [5, 5.41) is 5.19. The summed E-state index contributed by atoms with van der Waals surface area (Å²) < 4.78 is 43.0. The molecule has 0 N–H and O–H groups in total. The van der Waals surface area contributed by atoms with Crippen LogP contribution in [-0.4, -0.2) is 22.4 Å². The van der Waals surface area contributed by atoms with Gasteiger partial charge in [0.15, 0.2) is 5.71 Å². The fraction of sp³-hybridized carbons (Fsp3) is 0.182. The maximum atomic E-state index is 13.7. The Kier molecular flexibility index (Phi) is 4.53. The van der Waals surface area contributed by atoms with Crippen LogP contribution in [0.25, 0.3) is 17.0 Å². The van der Waals surface area contributed by atoms with Crippen molar-refractivity contribution < 1.29 is 18.0 Å². The number of para-hydroxylation sites is 2. The number of benzene rings is 2. The van der Waals surface area contributed by atoms with Gasteiger partial charge in [0.05, 0.1) is 11.3 Å². The van der Waals surface area contributed by atoms with Gasteiger partial charge in [-0.25, -0.2) is 0 Å². The molecule has 2 aromatic carbocycles. The van der Waals surface area contributed by atoms with Gasteiger partial charge in [0.2, 0.25) is 0 Å². The molecule has 3 aromatic rings. The lowest BCUT2D eigenvalue weighted by Gasteiger charge is -2.10. The average molecular weight is 397 g/mol. The summed E-state index contributed by atoms with van der Waals surface area (Å²) in [4.78, 5) is 12.9. The van der Waals surface area contributed by atoms with Gasteiger partial charge in [0.1, 0.15) is 0 Å². The van der Waals surface area contributed by atoms with Gasteiger partial charge in [0.25, 0.3) is 5.91 Å². The number of halogens is 3. The number of anilines is 1. The third-order valence-corrected chi connectivity index (χ3v) is 4.77. The summed E-state index contributed by atoms with van der Waals surface area (Å²) in [6.07, 6.45) is -1.69. The van der Waals surface area contributed by atoms with Crippen LogP contribution >= 0.6 is 0 Å². The third-order valence-electron chi connectivity index (χ3n) is 4.77. The van der Waals surface area contributed by atoms with Crippen molar-refractivity contribution in [3.05, 3.63) is 71.9 Å². The first-order valence-corrected chi connectivity index (χ1v) is 9.14. The van der Waals surface area contributed by atoms with E-state index < -0.39 is 23.4 Å². The number of hydrogen-bond acceptors (Lipinski definition) is 2. The number of alkyl halides is 3. The molecular formula is C22H18F3N3O. The number of hydrazone groups is 1. The summed E-state index contributed by atoms with van der Waals surface area (Å²) in [7, 11) is 0. The molecule has 4 nitrogen and oxygen atoms in total. The van der Waals surface area contributed by atoms with Crippen molar-refractivity contribution in [2.24, 2.45) is 5.10 Å².